The first-order chi connectivity index (χ1) is 10.4. The van der Waals surface area contributed by atoms with Crippen LogP contribution >= 0.6 is 11.3 Å². The van der Waals surface area contributed by atoms with Crippen molar-refractivity contribution < 1.29 is 13.2 Å². The SMILES string of the molecule is CCS(=O)(=O)N1CC[C@@]2(CN(c3ccsc3)C(=O)CN2C)C1. The molecule has 0 aromatic carbocycles. The third kappa shape index (κ3) is 2.58. The second-order valence-corrected chi connectivity index (χ2v) is 9.06. The number of anilines is 1. The van der Waals surface area contributed by atoms with E-state index in [2.05, 4.69) is 0 Å². The Morgan fingerprint density at radius 2 is 2.14 bits per heavy atom. The maximum atomic E-state index is 12.3. The number of likely N-dealkylation sites (N-methyl/N-ethyl adjacent to an activating group) is 1. The van der Waals surface area contributed by atoms with E-state index in [9.17, 15) is 13.2 Å². The molecular weight excluding hydrogens is 322 g/mol. The van der Waals surface area contributed by atoms with Crippen molar-refractivity contribution in [1.29, 1.82) is 0 Å². The Kier molecular flexibility index (Phi) is 4.05. The van der Waals surface area contributed by atoms with E-state index in [4.69, 9.17) is 0 Å². The molecule has 2 aliphatic heterocycles. The molecule has 22 heavy (non-hydrogen) atoms. The monoisotopic (exact) mass is 343 g/mol. The van der Waals surface area contributed by atoms with Crippen molar-refractivity contribution in [2.45, 2.75) is 18.9 Å². The van der Waals surface area contributed by atoms with Crippen LogP contribution in [-0.4, -0.2) is 68.0 Å². The van der Waals surface area contributed by atoms with Crippen LogP contribution in [-0.2, 0) is 14.8 Å². The molecule has 0 unspecified atom stereocenters. The van der Waals surface area contributed by atoms with Crippen LogP contribution in [0.3, 0.4) is 0 Å². The first-order valence-electron chi connectivity index (χ1n) is 7.40. The van der Waals surface area contributed by atoms with Gasteiger partial charge < -0.3 is 4.90 Å². The molecule has 1 atom stereocenters. The van der Waals surface area contributed by atoms with Gasteiger partial charge in [-0.3, -0.25) is 9.69 Å². The van der Waals surface area contributed by atoms with Crippen molar-refractivity contribution in [3.8, 4) is 0 Å². The fourth-order valence-electron chi connectivity index (χ4n) is 3.29. The van der Waals surface area contributed by atoms with Crippen LogP contribution in [0.25, 0.3) is 0 Å². The van der Waals surface area contributed by atoms with Crippen molar-refractivity contribution >= 4 is 33.0 Å². The first kappa shape index (κ1) is 15.9. The number of carbonyl (C=O) groups is 1. The molecule has 0 saturated carbocycles. The van der Waals surface area contributed by atoms with Gasteiger partial charge in [0, 0.05) is 25.0 Å². The summed E-state index contributed by atoms with van der Waals surface area (Å²) in [6, 6.07) is 1.94. The molecule has 0 aliphatic carbocycles. The Bertz CT molecular complexity index is 659. The Morgan fingerprint density at radius 3 is 2.77 bits per heavy atom. The topological polar surface area (TPSA) is 60.9 Å². The van der Waals surface area contributed by atoms with E-state index in [0.29, 0.717) is 26.2 Å². The molecule has 8 heteroatoms. The minimum Gasteiger partial charge on any atom is -0.309 e. The van der Waals surface area contributed by atoms with Gasteiger partial charge >= 0.3 is 0 Å². The van der Waals surface area contributed by atoms with Gasteiger partial charge in [-0.1, -0.05) is 0 Å². The highest BCUT2D eigenvalue weighted by Crippen LogP contribution is 2.34. The molecule has 0 bridgehead atoms. The van der Waals surface area contributed by atoms with Crippen LogP contribution < -0.4 is 4.90 Å². The lowest BCUT2D eigenvalue weighted by atomic mass is 9.93. The zero-order valence-corrected chi connectivity index (χ0v) is 14.5. The summed E-state index contributed by atoms with van der Waals surface area (Å²) in [5.74, 6) is 0.197. The van der Waals surface area contributed by atoms with Gasteiger partial charge in [-0.15, -0.1) is 0 Å². The van der Waals surface area contributed by atoms with Gasteiger partial charge in [0.05, 0.1) is 23.5 Å². The second-order valence-electron chi connectivity index (χ2n) is 6.03. The summed E-state index contributed by atoms with van der Waals surface area (Å²) in [4.78, 5) is 16.2. The van der Waals surface area contributed by atoms with Crippen LogP contribution in [0.2, 0.25) is 0 Å². The van der Waals surface area contributed by atoms with Gasteiger partial charge in [-0.05, 0) is 31.8 Å². The average molecular weight is 343 g/mol. The molecule has 1 spiro atoms. The third-order valence-electron chi connectivity index (χ3n) is 4.81. The summed E-state index contributed by atoms with van der Waals surface area (Å²) in [6.07, 6.45) is 0.761. The van der Waals surface area contributed by atoms with Gasteiger partial charge in [0.25, 0.3) is 0 Å². The lowest BCUT2D eigenvalue weighted by Crippen LogP contribution is -2.64. The highest BCUT2D eigenvalue weighted by Gasteiger charge is 2.49. The smallest absolute Gasteiger partial charge is 0.241 e. The zero-order chi connectivity index (χ0) is 16.0. The predicted octanol–water partition coefficient (Wildman–Crippen LogP) is 0.821. The second kappa shape index (κ2) is 5.59. The van der Waals surface area contributed by atoms with E-state index in [0.717, 1.165) is 12.1 Å². The molecule has 2 fully saturated rings. The minimum atomic E-state index is -3.18. The molecule has 6 nitrogen and oxygen atoms in total. The van der Waals surface area contributed by atoms with Gasteiger partial charge in [-0.25, -0.2) is 8.42 Å². The molecule has 0 N–H and O–H groups in total. The number of hydrogen-bond acceptors (Lipinski definition) is 5. The molecule has 2 aliphatic rings. The third-order valence-corrected chi connectivity index (χ3v) is 7.31. The summed E-state index contributed by atoms with van der Waals surface area (Å²) in [6.45, 7) is 3.55. The number of amides is 1. The van der Waals surface area contributed by atoms with Gasteiger partial charge in [-0.2, -0.15) is 15.6 Å². The van der Waals surface area contributed by atoms with Gasteiger partial charge in [0.2, 0.25) is 15.9 Å². The fraction of sp³-hybridized carbons (Fsp3) is 0.643. The molecule has 1 aromatic heterocycles. The number of sulfonamides is 1. The Labute approximate surface area is 135 Å². The van der Waals surface area contributed by atoms with Crippen molar-refractivity contribution in [1.82, 2.24) is 9.21 Å². The van der Waals surface area contributed by atoms with Gasteiger partial charge in [0.1, 0.15) is 0 Å². The number of hydrogen-bond donors (Lipinski definition) is 0. The van der Waals surface area contributed by atoms with E-state index in [1.165, 1.54) is 0 Å². The summed E-state index contributed by atoms with van der Waals surface area (Å²) < 4.78 is 25.8. The van der Waals surface area contributed by atoms with Crippen LogP contribution in [0, 0.1) is 0 Å². The maximum Gasteiger partial charge on any atom is 0.241 e. The number of piperazine rings is 1. The normalized spacial score (nSPS) is 27.9. The van der Waals surface area contributed by atoms with E-state index in [1.807, 2.05) is 28.8 Å². The average Bonchev–Trinajstić information content (AvgIpc) is 3.14. The summed E-state index contributed by atoms with van der Waals surface area (Å²) >= 11 is 1.56. The number of carbonyl (C=O) groups excluding carboxylic acids is 1. The maximum absolute atomic E-state index is 12.3. The van der Waals surface area contributed by atoms with Crippen molar-refractivity contribution in [2.24, 2.45) is 0 Å². The number of thiophene rings is 1. The molecular formula is C14H21N3O3S2. The molecule has 1 amide bonds. The quantitative estimate of drug-likeness (QED) is 0.815. The Balaban J connectivity index is 1.86. The van der Waals surface area contributed by atoms with Crippen molar-refractivity contribution in [3.05, 3.63) is 16.8 Å². The number of rotatable bonds is 3. The summed E-state index contributed by atoms with van der Waals surface area (Å²) in [5.41, 5.74) is 0.636. The largest absolute Gasteiger partial charge is 0.309 e. The summed E-state index contributed by atoms with van der Waals surface area (Å²) in [7, 11) is -1.25. The lowest BCUT2D eigenvalue weighted by Gasteiger charge is -2.46. The molecule has 122 valence electrons. The minimum absolute atomic E-state index is 0.0725. The predicted molar refractivity (Wildman–Crippen MR) is 87.7 cm³/mol. The van der Waals surface area contributed by atoms with E-state index in [-0.39, 0.29) is 17.2 Å². The highest BCUT2D eigenvalue weighted by atomic mass is 32.2. The van der Waals surface area contributed by atoms with Crippen LogP contribution in [0.15, 0.2) is 16.8 Å². The van der Waals surface area contributed by atoms with Crippen LogP contribution in [0.5, 0.6) is 0 Å². The van der Waals surface area contributed by atoms with Crippen LogP contribution in [0.1, 0.15) is 13.3 Å². The van der Waals surface area contributed by atoms with E-state index in [1.54, 1.807) is 27.5 Å². The van der Waals surface area contributed by atoms with E-state index < -0.39 is 10.0 Å². The molecule has 3 rings (SSSR count). The standard InChI is InChI=1S/C14H21N3O3S2/c1-3-22(19,20)16-6-5-14(10-16)11-17(12-4-7-21-9-12)13(18)8-15(14)2/h4,7,9H,3,5-6,8,10-11H2,1-2H3/t14-/m0/s1. The molecule has 2 saturated heterocycles. The molecule has 1 aromatic rings. The first-order valence-corrected chi connectivity index (χ1v) is 9.95. The van der Waals surface area contributed by atoms with Crippen LogP contribution in [0.4, 0.5) is 5.69 Å². The van der Waals surface area contributed by atoms with Gasteiger partial charge in [0.15, 0.2) is 0 Å². The zero-order valence-electron chi connectivity index (χ0n) is 12.9. The Hall–Kier alpha value is -0.960. The van der Waals surface area contributed by atoms with Crippen molar-refractivity contribution in [3.63, 3.8) is 0 Å². The fourth-order valence-corrected chi connectivity index (χ4v) is 5.10. The molecule has 3 heterocycles. The highest BCUT2D eigenvalue weighted by molar-refractivity contribution is 7.89. The lowest BCUT2D eigenvalue weighted by molar-refractivity contribution is -0.123. The van der Waals surface area contributed by atoms with Crippen molar-refractivity contribution in [2.75, 3.05) is 43.9 Å². The Morgan fingerprint density at radius 1 is 1.36 bits per heavy atom. The number of nitrogens with zero attached hydrogens (tertiary/aromatic N) is 3. The summed E-state index contributed by atoms with van der Waals surface area (Å²) in [5, 5.41) is 3.92. The molecule has 0 radical (unpaired) electrons. The van der Waals surface area contributed by atoms with E-state index >= 15 is 0 Å².